The summed E-state index contributed by atoms with van der Waals surface area (Å²) in [5.41, 5.74) is -0.123. The molecule has 0 aliphatic heterocycles. The summed E-state index contributed by atoms with van der Waals surface area (Å²) in [4.78, 5) is 10.6. The van der Waals surface area contributed by atoms with Crippen molar-refractivity contribution in [3.8, 4) is 0 Å². The van der Waals surface area contributed by atoms with Gasteiger partial charge in [-0.25, -0.2) is 17.9 Å². The van der Waals surface area contributed by atoms with Gasteiger partial charge in [-0.15, -0.1) is 0 Å². The Kier molecular flexibility index (Phi) is 3.91. The molecule has 7 nitrogen and oxygen atoms in total. The Labute approximate surface area is 98.7 Å². The van der Waals surface area contributed by atoms with E-state index in [0.717, 1.165) is 6.07 Å². The highest BCUT2D eigenvalue weighted by molar-refractivity contribution is 7.89. The second-order valence-electron chi connectivity index (χ2n) is 3.68. The van der Waals surface area contributed by atoms with Gasteiger partial charge in [-0.1, -0.05) is 0 Å². The molecule has 8 heteroatoms. The van der Waals surface area contributed by atoms with Crippen LogP contribution in [0.1, 0.15) is 17.4 Å². The van der Waals surface area contributed by atoms with E-state index < -0.39 is 22.1 Å². The molecule has 0 aliphatic carbocycles. The number of sulfonamides is 1. The minimum Gasteiger partial charge on any atom is -0.477 e. The first kappa shape index (κ1) is 13.7. The number of aliphatic hydroxyl groups excluding tert-OH is 1. The van der Waals surface area contributed by atoms with Crippen molar-refractivity contribution in [1.29, 1.82) is 0 Å². The van der Waals surface area contributed by atoms with Gasteiger partial charge in [0.15, 0.2) is 0 Å². The number of carboxylic acid groups (broad SMARTS) is 1. The number of nitrogens with one attached hydrogen (secondary N) is 1. The summed E-state index contributed by atoms with van der Waals surface area (Å²) in [5, 5.41) is 17.8. The average molecular weight is 262 g/mol. The summed E-state index contributed by atoms with van der Waals surface area (Å²) in [5.74, 6) is -1.20. The molecular weight excluding hydrogens is 248 g/mol. The molecule has 96 valence electrons. The van der Waals surface area contributed by atoms with Crippen molar-refractivity contribution in [2.45, 2.75) is 17.9 Å². The van der Waals surface area contributed by atoms with Gasteiger partial charge in [-0.3, -0.25) is 0 Å². The van der Waals surface area contributed by atoms with E-state index >= 15 is 0 Å². The fourth-order valence-electron chi connectivity index (χ4n) is 1.21. The Hall–Kier alpha value is -1.38. The smallest absolute Gasteiger partial charge is 0.352 e. The number of aliphatic hydroxyl groups is 1. The standard InChI is InChI=1S/C9H14N2O5S/c1-6(12)4-10-17(15,16)7-3-8(9(13)14)11(2)5-7/h3,5-6,10,12H,4H2,1-2H3,(H,13,14). The van der Waals surface area contributed by atoms with E-state index in [-0.39, 0.29) is 17.1 Å². The van der Waals surface area contributed by atoms with Gasteiger partial charge in [0.05, 0.1) is 6.10 Å². The van der Waals surface area contributed by atoms with E-state index in [1.807, 2.05) is 0 Å². The van der Waals surface area contributed by atoms with Crippen molar-refractivity contribution in [1.82, 2.24) is 9.29 Å². The highest BCUT2D eigenvalue weighted by atomic mass is 32.2. The van der Waals surface area contributed by atoms with Crippen molar-refractivity contribution in [2.24, 2.45) is 7.05 Å². The minimum atomic E-state index is -3.78. The van der Waals surface area contributed by atoms with E-state index in [4.69, 9.17) is 10.2 Å². The maximum Gasteiger partial charge on any atom is 0.352 e. The quantitative estimate of drug-likeness (QED) is 0.655. The van der Waals surface area contributed by atoms with E-state index in [9.17, 15) is 13.2 Å². The zero-order chi connectivity index (χ0) is 13.2. The van der Waals surface area contributed by atoms with Crippen LogP contribution in [-0.2, 0) is 17.1 Å². The molecule has 1 rings (SSSR count). The predicted molar refractivity (Wildman–Crippen MR) is 59.2 cm³/mol. The number of hydrogen-bond acceptors (Lipinski definition) is 4. The molecule has 0 amide bonds. The van der Waals surface area contributed by atoms with Crippen molar-refractivity contribution in [3.05, 3.63) is 18.0 Å². The predicted octanol–water partition coefficient (Wildman–Crippen LogP) is -0.618. The van der Waals surface area contributed by atoms with Crippen LogP contribution in [0.5, 0.6) is 0 Å². The summed E-state index contributed by atoms with van der Waals surface area (Å²) in [6, 6.07) is 1.06. The lowest BCUT2D eigenvalue weighted by Gasteiger charge is -2.06. The van der Waals surface area contributed by atoms with Gasteiger partial charge in [0.25, 0.3) is 0 Å². The molecule has 1 aromatic heterocycles. The Morgan fingerprint density at radius 2 is 2.18 bits per heavy atom. The number of rotatable bonds is 5. The van der Waals surface area contributed by atoms with Crippen molar-refractivity contribution in [2.75, 3.05) is 6.54 Å². The molecule has 0 fully saturated rings. The lowest BCUT2D eigenvalue weighted by atomic mass is 10.4. The third kappa shape index (κ3) is 3.29. The summed E-state index contributed by atoms with van der Waals surface area (Å²) < 4.78 is 26.8. The van der Waals surface area contributed by atoms with Gasteiger partial charge >= 0.3 is 5.97 Å². The minimum absolute atomic E-state index is 0.123. The number of hydrogen-bond donors (Lipinski definition) is 3. The summed E-state index contributed by atoms with van der Waals surface area (Å²) in [6.07, 6.45) is 0.390. The zero-order valence-corrected chi connectivity index (χ0v) is 10.2. The maximum absolute atomic E-state index is 11.7. The van der Waals surface area contributed by atoms with Crippen LogP contribution in [0, 0.1) is 0 Å². The van der Waals surface area contributed by atoms with Gasteiger partial charge in [-0.2, -0.15) is 0 Å². The highest BCUT2D eigenvalue weighted by Gasteiger charge is 2.20. The molecular formula is C9H14N2O5S. The SMILES string of the molecule is CC(O)CNS(=O)(=O)c1cc(C(=O)O)n(C)c1. The van der Waals surface area contributed by atoms with Crippen LogP contribution < -0.4 is 4.72 Å². The van der Waals surface area contributed by atoms with Gasteiger partial charge < -0.3 is 14.8 Å². The first-order chi connectivity index (χ1) is 7.74. The third-order valence-corrected chi connectivity index (χ3v) is 3.47. The second kappa shape index (κ2) is 4.86. The van der Waals surface area contributed by atoms with Crippen LogP contribution in [0.4, 0.5) is 0 Å². The average Bonchev–Trinajstić information content (AvgIpc) is 2.58. The normalized spacial score (nSPS) is 13.6. The van der Waals surface area contributed by atoms with Crippen molar-refractivity contribution in [3.63, 3.8) is 0 Å². The Balaban J connectivity index is 3.00. The molecule has 1 unspecified atom stereocenters. The van der Waals surface area contributed by atoms with Crippen LogP contribution in [0.15, 0.2) is 17.2 Å². The fraction of sp³-hybridized carbons (Fsp3) is 0.444. The summed E-state index contributed by atoms with van der Waals surface area (Å²) in [7, 11) is -2.34. The number of carboxylic acids is 1. The van der Waals surface area contributed by atoms with E-state index in [0.29, 0.717) is 0 Å². The van der Waals surface area contributed by atoms with Crippen molar-refractivity contribution >= 4 is 16.0 Å². The molecule has 0 aliphatic rings. The molecule has 1 atom stereocenters. The molecule has 0 saturated carbocycles. The van der Waals surface area contributed by atoms with E-state index in [1.165, 1.54) is 24.7 Å². The number of carbonyl (C=O) groups is 1. The molecule has 1 heterocycles. The number of aromatic carboxylic acids is 1. The molecule has 0 aromatic carbocycles. The molecule has 0 saturated heterocycles. The van der Waals surface area contributed by atoms with Crippen LogP contribution in [0.2, 0.25) is 0 Å². The zero-order valence-electron chi connectivity index (χ0n) is 9.41. The first-order valence-electron chi connectivity index (χ1n) is 4.81. The highest BCUT2D eigenvalue weighted by Crippen LogP contribution is 2.13. The lowest BCUT2D eigenvalue weighted by Crippen LogP contribution is -2.30. The lowest BCUT2D eigenvalue weighted by molar-refractivity contribution is 0.0686. The Morgan fingerprint density at radius 1 is 1.59 bits per heavy atom. The van der Waals surface area contributed by atoms with Gasteiger partial charge in [0.2, 0.25) is 10.0 Å². The maximum atomic E-state index is 11.7. The topological polar surface area (TPSA) is 109 Å². The van der Waals surface area contributed by atoms with Crippen LogP contribution in [0.25, 0.3) is 0 Å². The van der Waals surface area contributed by atoms with Gasteiger partial charge in [-0.05, 0) is 13.0 Å². The first-order valence-corrected chi connectivity index (χ1v) is 6.29. The summed E-state index contributed by atoms with van der Waals surface area (Å²) >= 11 is 0. The molecule has 0 radical (unpaired) electrons. The number of nitrogens with zero attached hydrogens (tertiary/aromatic N) is 1. The largest absolute Gasteiger partial charge is 0.477 e. The molecule has 3 N–H and O–H groups in total. The van der Waals surface area contributed by atoms with E-state index in [2.05, 4.69) is 4.72 Å². The Morgan fingerprint density at radius 3 is 2.59 bits per heavy atom. The van der Waals surface area contributed by atoms with Crippen LogP contribution in [0.3, 0.4) is 0 Å². The number of aryl methyl sites for hydroxylation is 1. The van der Waals surface area contributed by atoms with Gasteiger partial charge in [0.1, 0.15) is 10.6 Å². The number of aromatic nitrogens is 1. The van der Waals surface area contributed by atoms with Crippen LogP contribution >= 0.6 is 0 Å². The third-order valence-electron chi connectivity index (χ3n) is 2.08. The monoisotopic (exact) mass is 262 g/mol. The second-order valence-corrected chi connectivity index (χ2v) is 5.44. The van der Waals surface area contributed by atoms with Crippen LogP contribution in [-0.4, -0.2) is 41.8 Å². The van der Waals surface area contributed by atoms with Gasteiger partial charge in [0, 0.05) is 19.8 Å². The molecule has 1 aromatic rings. The van der Waals surface area contributed by atoms with E-state index in [1.54, 1.807) is 0 Å². The molecule has 0 spiro atoms. The fourth-order valence-corrected chi connectivity index (χ4v) is 2.40. The molecule has 0 bridgehead atoms. The molecule has 17 heavy (non-hydrogen) atoms. The Bertz CT molecular complexity index is 517. The summed E-state index contributed by atoms with van der Waals surface area (Å²) in [6.45, 7) is 1.32. The van der Waals surface area contributed by atoms with Crippen molar-refractivity contribution < 1.29 is 23.4 Å².